The summed E-state index contributed by atoms with van der Waals surface area (Å²) in [6.07, 6.45) is 6.86. The minimum atomic E-state index is 0.606. The van der Waals surface area contributed by atoms with Crippen molar-refractivity contribution in [2.45, 2.75) is 45.6 Å². The number of nitrogens with zero attached hydrogens (tertiary/aromatic N) is 2. The topological polar surface area (TPSA) is 27.6 Å². The molecule has 0 aliphatic carbocycles. The summed E-state index contributed by atoms with van der Waals surface area (Å²) in [5.41, 5.74) is 0. The lowest BCUT2D eigenvalue weighted by Gasteiger charge is -2.14. The molecule has 0 aliphatic rings. The molecule has 0 spiro atoms. The van der Waals surface area contributed by atoms with Gasteiger partial charge >= 0.3 is 0 Å². The van der Waals surface area contributed by atoms with E-state index in [-0.39, 0.29) is 0 Å². The molecular weight excluding hydrogens is 198 g/mol. The highest BCUT2D eigenvalue weighted by molar-refractivity contribution is 5.58. The molecule has 16 heavy (non-hydrogen) atoms. The van der Waals surface area contributed by atoms with E-state index < -0.39 is 0 Å². The van der Waals surface area contributed by atoms with E-state index in [9.17, 15) is 0 Å². The summed E-state index contributed by atoms with van der Waals surface area (Å²) in [5, 5.41) is 3.57. The number of likely N-dealkylation sites (N-methyl/N-ethyl adjacent to an activating group) is 1. The number of unbranched alkanes of at least 4 members (excludes halogenated alkanes) is 1. The lowest BCUT2D eigenvalue weighted by molar-refractivity contribution is 0.420. The average Bonchev–Trinajstić information content (AvgIpc) is 2.26. The van der Waals surface area contributed by atoms with Gasteiger partial charge in [-0.2, -0.15) is 0 Å². The second-order valence-electron chi connectivity index (χ2n) is 4.54. The highest BCUT2D eigenvalue weighted by Crippen LogP contribution is 1.96. The molecule has 0 saturated carbocycles. The van der Waals surface area contributed by atoms with Crippen molar-refractivity contribution < 1.29 is 0 Å². The van der Waals surface area contributed by atoms with Crippen LogP contribution in [-0.4, -0.2) is 50.9 Å². The molecule has 0 aromatic rings. The van der Waals surface area contributed by atoms with Crippen molar-refractivity contribution in [3.63, 3.8) is 0 Å². The number of nitrogens with one attached hydrogen (secondary N) is 1. The molecule has 0 aliphatic heterocycles. The highest BCUT2D eigenvalue weighted by Gasteiger charge is 2.01. The van der Waals surface area contributed by atoms with Gasteiger partial charge in [0.2, 0.25) is 0 Å². The molecule has 1 unspecified atom stereocenters. The quantitative estimate of drug-likeness (QED) is 0.457. The van der Waals surface area contributed by atoms with Gasteiger partial charge in [0.15, 0.2) is 0 Å². The van der Waals surface area contributed by atoms with Crippen LogP contribution in [0.4, 0.5) is 0 Å². The van der Waals surface area contributed by atoms with Crippen LogP contribution in [0.1, 0.15) is 39.5 Å². The molecule has 0 aromatic heterocycles. The van der Waals surface area contributed by atoms with E-state index in [4.69, 9.17) is 0 Å². The summed E-state index contributed by atoms with van der Waals surface area (Å²) in [4.78, 5) is 6.58. The normalized spacial score (nSPS) is 13.8. The van der Waals surface area contributed by atoms with Crippen molar-refractivity contribution in [3.8, 4) is 0 Å². The van der Waals surface area contributed by atoms with Crippen LogP contribution in [0.25, 0.3) is 0 Å². The number of rotatable bonds is 10. The molecule has 1 atom stereocenters. The Hall–Kier alpha value is -0.410. The molecular formula is C13H29N3. The van der Waals surface area contributed by atoms with Gasteiger partial charge in [0.05, 0.1) is 6.54 Å². The lowest BCUT2D eigenvalue weighted by atomic mass is 10.1. The summed E-state index contributed by atoms with van der Waals surface area (Å²) < 4.78 is 0. The molecule has 0 rings (SSSR count). The Balaban J connectivity index is 3.53. The van der Waals surface area contributed by atoms with Gasteiger partial charge in [0, 0.05) is 18.8 Å². The average molecular weight is 227 g/mol. The van der Waals surface area contributed by atoms with Gasteiger partial charge in [-0.3, -0.25) is 4.99 Å². The second-order valence-corrected chi connectivity index (χ2v) is 4.54. The fourth-order valence-corrected chi connectivity index (χ4v) is 1.43. The van der Waals surface area contributed by atoms with E-state index in [1.807, 2.05) is 0 Å². The van der Waals surface area contributed by atoms with E-state index in [0.29, 0.717) is 6.04 Å². The maximum atomic E-state index is 4.42. The van der Waals surface area contributed by atoms with Gasteiger partial charge < -0.3 is 10.2 Å². The third-order valence-corrected chi connectivity index (χ3v) is 2.65. The lowest BCUT2D eigenvalue weighted by Crippen LogP contribution is -2.29. The van der Waals surface area contributed by atoms with Gasteiger partial charge in [0.25, 0.3) is 0 Å². The summed E-state index contributed by atoms with van der Waals surface area (Å²) >= 11 is 0. The van der Waals surface area contributed by atoms with Crippen LogP contribution in [0.2, 0.25) is 0 Å². The van der Waals surface area contributed by atoms with Crippen LogP contribution in [0.15, 0.2) is 4.99 Å². The summed E-state index contributed by atoms with van der Waals surface area (Å²) in [6, 6.07) is 0.606. The molecule has 0 saturated heterocycles. The first kappa shape index (κ1) is 15.6. The van der Waals surface area contributed by atoms with Gasteiger partial charge in [-0.1, -0.05) is 20.3 Å². The van der Waals surface area contributed by atoms with Gasteiger partial charge in [-0.15, -0.1) is 0 Å². The Labute approximate surface area is 101 Å². The standard InChI is InChI=1S/C13H29N3/c1-5-7-9-15-13(6-2)8-10-14-11-12-16(3)4/h10,13,15H,5-9,11-12H2,1-4H3. The third-order valence-electron chi connectivity index (χ3n) is 2.65. The second kappa shape index (κ2) is 11.1. The van der Waals surface area contributed by atoms with Crippen LogP contribution in [0.5, 0.6) is 0 Å². The van der Waals surface area contributed by atoms with Crippen molar-refractivity contribution >= 4 is 6.21 Å². The molecule has 0 amide bonds. The van der Waals surface area contributed by atoms with E-state index in [1.165, 1.54) is 19.3 Å². The maximum Gasteiger partial charge on any atom is 0.0512 e. The summed E-state index contributed by atoms with van der Waals surface area (Å²) in [6.45, 7) is 7.55. The van der Waals surface area contributed by atoms with Crippen LogP contribution in [0.3, 0.4) is 0 Å². The third kappa shape index (κ3) is 10.1. The molecule has 0 radical (unpaired) electrons. The van der Waals surface area contributed by atoms with Crippen LogP contribution >= 0.6 is 0 Å². The molecule has 3 nitrogen and oxygen atoms in total. The molecule has 3 heteroatoms. The van der Waals surface area contributed by atoms with Crippen molar-refractivity contribution in [1.82, 2.24) is 10.2 Å². The number of aliphatic imine (C=N–C) groups is 1. The number of hydrogen-bond donors (Lipinski definition) is 1. The van der Waals surface area contributed by atoms with Crippen molar-refractivity contribution in [3.05, 3.63) is 0 Å². The van der Waals surface area contributed by atoms with Crippen LogP contribution in [-0.2, 0) is 0 Å². The summed E-state index contributed by atoms with van der Waals surface area (Å²) in [7, 11) is 4.16. The monoisotopic (exact) mass is 227 g/mol. The first-order chi connectivity index (χ1) is 7.70. The first-order valence-corrected chi connectivity index (χ1v) is 6.57. The fraction of sp³-hybridized carbons (Fsp3) is 0.923. The molecule has 0 fully saturated rings. The molecule has 0 bridgehead atoms. The largest absolute Gasteiger partial charge is 0.314 e. The zero-order chi connectivity index (χ0) is 12.2. The predicted octanol–water partition coefficient (Wildman–Crippen LogP) is 2.18. The Kier molecular flexibility index (Phi) is 10.8. The van der Waals surface area contributed by atoms with Gasteiger partial charge in [-0.25, -0.2) is 0 Å². The summed E-state index contributed by atoms with van der Waals surface area (Å²) in [5.74, 6) is 0. The van der Waals surface area contributed by atoms with Crippen LogP contribution < -0.4 is 5.32 Å². The van der Waals surface area contributed by atoms with E-state index in [2.05, 4.69) is 49.4 Å². The predicted molar refractivity (Wildman–Crippen MR) is 73.5 cm³/mol. The fourth-order valence-electron chi connectivity index (χ4n) is 1.43. The van der Waals surface area contributed by atoms with E-state index in [0.717, 1.165) is 26.1 Å². The zero-order valence-corrected chi connectivity index (χ0v) is 11.5. The first-order valence-electron chi connectivity index (χ1n) is 6.57. The smallest absolute Gasteiger partial charge is 0.0512 e. The Morgan fingerprint density at radius 1 is 1.31 bits per heavy atom. The zero-order valence-electron chi connectivity index (χ0n) is 11.5. The Morgan fingerprint density at radius 3 is 2.62 bits per heavy atom. The SMILES string of the molecule is CCCCNC(CC)CC=NCCN(C)C. The van der Waals surface area contributed by atoms with E-state index in [1.54, 1.807) is 0 Å². The van der Waals surface area contributed by atoms with Gasteiger partial charge in [0.1, 0.15) is 0 Å². The molecule has 0 aromatic carbocycles. The van der Waals surface area contributed by atoms with E-state index >= 15 is 0 Å². The van der Waals surface area contributed by atoms with Crippen molar-refractivity contribution in [1.29, 1.82) is 0 Å². The van der Waals surface area contributed by atoms with Crippen LogP contribution in [0, 0.1) is 0 Å². The maximum absolute atomic E-state index is 4.42. The molecule has 1 N–H and O–H groups in total. The number of hydrogen-bond acceptors (Lipinski definition) is 3. The minimum absolute atomic E-state index is 0.606. The van der Waals surface area contributed by atoms with Crippen molar-refractivity contribution in [2.75, 3.05) is 33.7 Å². The Bertz CT molecular complexity index is 167. The van der Waals surface area contributed by atoms with Crippen molar-refractivity contribution in [2.24, 2.45) is 4.99 Å². The molecule has 0 heterocycles. The molecule has 96 valence electrons. The minimum Gasteiger partial charge on any atom is -0.314 e. The Morgan fingerprint density at radius 2 is 2.06 bits per heavy atom. The van der Waals surface area contributed by atoms with Gasteiger partial charge in [-0.05, 0) is 39.9 Å². The highest BCUT2D eigenvalue weighted by atomic mass is 15.1.